The van der Waals surface area contributed by atoms with Crippen LogP contribution in [0.5, 0.6) is 11.5 Å². The molecule has 0 spiro atoms. The molecular formula is C24H28F2O4. The number of benzene rings is 2. The Hall–Kier alpha value is -2.89. The van der Waals surface area contributed by atoms with E-state index in [2.05, 4.69) is 6.58 Å². The molecule has 2 aromatic carbocycles. The summed E-state index contributed by atoms with van der Waals surface area (Å²) in [4.78, 5) is 11.8. The maximum Gasteiger partial charge on any atom is 0.333 e. The molecule has 0 saturated carbocycles. The van der Waals surface area contributed by atoms with Gasteiger partial charge < -0.3 is 14.2 Å². The highest BCUT2D eigenvalue weighted by atomic mass is 19.1. The molecule has 0 aliphatic carbocycles. The summed E-state index contributed by atoms with van der Waals surface area (Å²) in [6.07, 6.45) is 0.323. The van der Waals surface area contributed by atoms with Crippen molar-refractivity contribution in [2.45, 2.75) is 52.2 Å². The number of ether oxygens (including phenoxy) is 3. The van der Waals surface area contributed by atoms with Gasteiger partial charge in [0, 0.05) is 12.0 Å². The van der Waals surface area contributed by atoms with Crippen LogP contribution < -0.4 is 9.47 Å². The Balaban J connectivity index is 2.17. The van der Waals surface area contributed by atoms with Crippen LogP contribution in [-0.4, -0.2) is 24.3 Å². The Morgan fingerprint density at radius 1 is 0.933 bits per heavy atom. The van der Waals surface area contributed by atoms with E-state index >= 15 is 0 Å². The molecule has 0 amide bonds. The SMILES string of the molecule is C=C(C)C(=O)OC(C)(C)CC(C)(C)Oc1ccc(-c2ccc(OC)c(F)c2)cc1F. The van der Waals surface area contributed by atoms with Gasteiger partial charge in [-0.15, -0.1) is 0 Å². The number of hydrogen-bond donors (Lipinski definition) is 0. The second kappa shape index (κ2) is 8.86. The first kappa shape index (κ1) is 23.4. The van der Waals surface area contributed by atoms with Crippen LogP contribution >= 0.6 is 0 Å². The summed E-state index contributed by atoms with van der Waals surface area (Å²) >= 11 is 0. The Labute approximate surface area is 176 Å². The number of carbonyl (C=O) groups excluding carboxylic acids is 1. The van der Waals surface area contributed by atoms with E-state index in [-0.39, 0.29) is 11.5 Å². The molecule has 0 saturated heterocycles. The predicted molar refractivity (Wildman–Crippen MR) is 113 cm³/mol. The molecule has 6 heteroatoms. The van der Waals surface area contributed by atoms with Crippen molar-refractivity contribution < 1.29 is 27.8 Å². The van der Waals surface area contributed by atoms with Crippen molar-refractivity contribution in [1.29, 1.82) is 0 Å². The highest BCUT2D eigenvalue weighted by Crippen LogP contribution is 2.33. The van der Waals surface area contributed by atoms with Crippen LogP contribution in [0.4, 0.5) is 8.78 Å². The normalized spacial score (nSPS) is 11.7. The molecule has 0 aliphatic rings. The highest BCUT2D eigenvalue weighted by molar-refractivity contribution is 5.87. The van der Waals surface area contributed by atoms with Crippen molar-refractivity contribution in [3.05, 3.63) is 60.2 Å². The molecule has 4 nitrogen and oxygen atoms in total. The third-order valence-electron chi connectivity index (χ3n) is 4.37. The van der Waals surface area contributed by atoms with Crippen LogP contribution in [0.1, 0.15) is 41.0 Å². The summed E-state index contributed by atoms with van der Waals surface area (Å²) in [7, 11) is 1.38. The maximum atomic E-state index is 14.7. The van der Waals surface area contributed by atoms with Crippen LogP contribution in [0.3, 0.4) is 0 Å². The van der Waals surface area contributed by atoms with E-state index < -0.39 is 28.8 Å². The average Bonchev–Trinajstić information content (AvgIpc) is 2.61. The van der Waals surface area contributed by atoms with Crippen molar-refractivity contribution >= 4 is 5.97 Å². The zero-order chi connectivity index (χ0) is 22.7. The second-order valence-corrected chi connectivity index (χ2v) is 8.46. The van der Waals surface area contributed by atoms with E-state index in [1.54, 1.807) is 46.8 Å². The minimum absolute atomic E-state index is 0.0553. The van der Waals surface area contributed by atoms with E-state index in [1.807, 2.05) is 0 Å². The molecule has 0 bridgehead atoms. The Morgan fingerprint density at radius 3 is 1.87 bits per heavy atom. The monoisotopic (exact) mass is 418 g/mol. The van der Waals surface area contributed by atoms with Gasteiger partial charge in [-0.25, -0.2) is 13.6 Å². The summed E-state index contributed by atoms with van der Waals surface area (Å²) in [6, 6.07) is 8.88. The number of rotatable bonds is 8. The topological polar surface area (TPSA) is 44.8 Å². The van der Waals surface area contributed by atoms with Crippen molar-refractivity contribution in [3.8, 4) is 22.6 Å². The predicted octanol–water partition coefficient (Wildman–Crippen LogP) is 6.09. The standard InChI is InChI=1S/C24H28F2O4/c1-15(2)22(27)30-24(5,6)14-23(3,4)29-21-11-9-17(13-19(21)26)16-8-10-20(28-7)18(25)12-16/h8-13H,1,14H2,2-7H3. The molecule has 0 aliphatic heterocycles. The maximum absolute atomic E-state index is 14.7. The largest absolute Gasteiger partial charge is 0.494 e. The minimum Gasteiger partial charge on any atom is -0.494 e. The third kappa shape index (κ3) is 6.05. The molecule has 2 rings (SSSR count). The molecule has 0 atom stereocenters. The van der Waals surface area contributed by atoms with Gasteiger partial charge in [0.25, 0.3) is 0 Å². The van der Waals surface area contributed by atoms with E-state index in [0.717, 1.165) is 0 Å². The summed E-state index contributed by atoms with van der Waals surface area (Å²) in [5, 5.41) is 0. The van der Waals surface area contributed by atoms with Gasteiger partial charge in [-0.2, -0.15) is 0 Å². The van der Waals surface area contributed by atoms with Gasteiger partial charge >= 0.3 is 5.97 Å². The molecule has 0 N–H and O–H groups in total. The van der Waals surface area contributed by atoms with Crippen LogP contribution in [0.15, 0.2) is 48.6 Å². The molecule has 0 aromatic heterocycles. The fraction of sp³-hybridized carbons (Fsp3) is 0.375. The number of methoxy groups -OCH3 is 1. The van der Waals surface area contributed by atoms with Gasteiger partial charge in [-0.3, -0.25) is 0 Å². The van der Waals surface area contributed by atoms with Gasteiger partial charge in [-0.1, -0.05) is 18.7 Å². The Kier molecular flexibility index (Phi) is 6.91. The van der Waals surface area contributed by atoms with Crippen LogP contribution in [-0.2, 0) is 9.53 Å². The number of carbonyl (C=O) groups is 1. The van der Waals surface area contributed by atoms with Gasteiger partial charge in [0.15, 0.2) is 23.1 Å². The molecule has 30 heavy (non-hydrogen) atoms. The first-order valence-electron chi connectivity index (χ1n) is 9.55. The second-order valence-electron chi connectivity index (χ2n) is 8.46. The first-order chi connectivity index (χ1) is 13.8. The lowest BCUT2D eigenvalue weighted by atomic mass is 9.92. The summed E-state index contributed by atoms with van der Waals surface area (Å²) in [6.45, 7) is 12.2. The van der Waals surface area contributed by atoms with Gasteiger partial charge in [-0.05, 0) is 70.0 Å². The molecule has 0 radical (unpaired) electrons. The van der Waals surface area contributed by atoms with Gasteiger partial charge in [0.2, 0.25) is 0 Å². The first-order valence-corrected chi connectivity index (χ1v) is 9.55. The zero-order valence-corrected chi connectivity index (χ0v) is 18.3. The highest BCUT2D eigenvalue weighted by Gasteiger charge is 2.34. The molecule has 0 heterocycles. The zero-order valence-electron chi connectivity index (χ0n) is 18.3. The smallest absolute Gasteiger partial charge is 0.333 e. The quantitative estimate of drug-likeness (QED) is 0.385. The molecule has 0 unspecified atom stereocenters. The molecular weight excluding hydrogens is 390 g/mol. The fourth-order valence-corrected chi connectivity index (χ4v) is 3.34. The molecule has 162 valence electrons. The number of halogens is 2. The lowest BCUT2D eigenvalue weighted by Crippen LogP contribution is -2.40. The van der Waals surface area contributed by atoms with Crippen molar-refractivity contribution in [2.75, 3.05) is 7.11 Å². The summed E-state index contributed by atoms with van der Waals surface area (Å²) in [5.41, 5.74) is -0.330. The van der Waals surface area contributed by atoms with Crippen LogP contribution in [0, 0.1) is 11.6 Å². The van der Waals surface area contributed by atoms with E-state index in [1.165, 1.54) is 31.4 Å². The van der Waals surface area contributed by atoms with Crippen molar-refractivity contribution in [3.63, 3.8) is 0 Å². The Bertz CT molecular complexity index is 948. The Morgan fingerprint density at radius 2 is 1.43 bits per heavy atom. The number of esters is 1. The van der Waals surface area contributed by atoms with E-state index in [9.17, 15) is 13.6 Å². The van der Waals surface area contributed by atoms with Crippen LogP contribution in [0.25, 0.3) is 11.1 Å². The van der Waals surface area contributed by atoms with Gasteiger partial charge in [0.05, 0.1) is 7.11 Å². The van der Waals surface area contributed by atoms with Crippen molar-refractivity contribution in [1.82, 2.24) is 0 Å². The summed E-state index contributed by atoms with van der Waals surface area (Å²) in [5.74, 6) is -1.41. The summed E-state index contributed by atoms with van der Waals surface area (Å²) < 4.78 is 44.9. The lowest BCUT2D eigenvalue weighted by molar-refractivity contribution is -0.155. The number of hydrogen-bond acceptors (Lipinski definition) is 4. The van der Waals surface area contributed by atoms with E-state index in [4.69, 9.17) is 14.2 Å². The lowest BCUT2D eigenvalue weighted by Gasteiger charge is -2.35. The van der Waals surface area contributed by atoms with E-state index in [0.29, 0.717) is 23.1 Å². The third-order valence-corrected chi connectivity index (χ3v) is 4.37. The minimum atomic E-state index is -0.837. The molecule has 0 fully saturated rings. The van der Waals surface area contributed by atoms with Crippen LogP contribution in [0.2, 0.25) is 0 Å². The average molecular weight is 418 g/mol. The van der Waals surface area contributed by atoms with Crippen molar-refractivity contribution in [2.24, 2.45) is 0 Å². The molecule has 2 aromatic rings. The fourth-order valence-electron chi connectivity index (χ4n) is 3.34. The van der Waals surface area contributed by atoms with Gasteiger partial charge in [0.1, 0.15) is 11.2 Å².